The van der Waals surface area contributed by atoms with Gasteiger partial charge in [-0.1, -0.05) is 0 Å². The Morgan fingerprint density at radius 3 is 2.05 bits per heavy atom. The van der Waals surface area contributed by atoms with E-state index in [9.17, 15) is 0 Å². The first-order chi connectivity index (χ1) is 9.69. The Bertz CT molecular complexity index is 610. The second kappa shape index (κ2) is 8.92. The average molecular weight is 300 g/mol. The van der Waals surface area contributed by atoms with Gasteiger partial charge in [0.05, 0.1) is 18.7 Å². The van der Waals surface area contributed by atoms with Gasteiger partial charge in [0.2, 0.25) is 0 Å². The zero-order chi connectivity index (χ0) is 14.8. The van der Waals surface area contributed by atoms with Gasteiger partial charge in [-0.3, -0.25) is 0 Å². The van der Waals surface area contributed by atoms with Gasteiger partial charge < -0.3 is 4.74 Å². The highest BCUT2D eigenvalue weighted by atomic mass is 32.2. The highest BCUT2D eigenvalue weighted by Crippen LogP contribution is 2.19. The summed E-state index contributed by atoms with van der Waals surface area (Å²) in [5.74, 6) is 0.812. The van der Waals surface area contributed by atoms with Gasteiger partial charge >= 0.3 is 0 Å². The number of thiol groups is 1. The molecule has 0 fully saturated rings. The van der Waals surface area contributed by atoms with E-state index in [0.717, 1.165) is 27.3 Å². The fourth-order valence-electron chi connectivity index (χ4n) is 1.23. The first-order valence-corrected chi connectivity index (χ1v) is 6.85. The van der Waals surface area contributed by atoms with E-state index < -0.39 is 0 Å². The Kier molecular flexibility index (Phi) is 7.13. The Hall–Kier alpha value is -2.08. The second-order valence-electron chi connectivity index (χ2n) is 3.53. The van der Waals surface area contributed by atoms with Crippen molar-refractivity contribution >= 4 is 24.4 Å². The summed E-state index contributed by atoms with van der Waals surface area (Å²) in [6, 6.07) is 16.5. The molecule has 3 nitrogen and oxygen atoms in total. The van der Waals surface area contributed by atoms with Gasteiger partial charge in [0.1, 0.15) is 11.2 Å². The van der Waals surface area contributed by atoms with Gasteiger partial charge in [0.15, 0.2) is 0 Å². The summed E-state index contributed by atoms with van der Waals surface area (Å²) >= 11 is 5.21. The van der Waals surface area contributed by atoms with Crippen molar-refractivity contribution in [2.24, 2.45) is 0 Å². The fraction of sp³-hybridized carbons (Fsp3) is 0.0667. The molecule has 20 heavy (non-hydrogen) atoms. The molecule has 0 atom stereocenters. The minimum absolute atomic E-state index is 0.674. The molecule has 2 aromatic carbocycles. The molecular weight excluding hydrogens is 288 g/mol. The quantitative estimate of drug-likeness (QED) is 0.515. The molecule has 2 aromatic rings. The van der Waals surface area contributed by atoms with E-state index in [1.807, 2.05) is 35.7 Å². The summed E-state index contributed by atoms with van der Waals surface area (Å²) in [6.07, 6.45) is 0. The van der Waals surface area contributed by atoms with Crippen LogP contribution in [0, 0.1) is 22.0 Å². The monoisotopic (exact) mass is 300 g/mol. The lowest BCUT2D eigenvalue weighted by molar-refractivity contribution is 0.414. The van der Waals surface area contributed by atoms with E-state index in [2.05, 4.69) is 12.6 Å². The number of thioether (sulfide) groups is 1. The van der Waals surface area contributed by atoms with E-state index in [1.54, 1.807) is 31.4 Å². The molecule has 100 valence electrons. The van der Waals surface area contributed by atoms with Crippen molar-refractivity contribution in [2.75, 3.05) is 7.11 Å². The standard InChI is InChI=1S/C8H7NOS.C7H5NS/c1-10-7-2-4-8(5-3-7)11-6-9;8-5-6-1-3-7(9)4-2-6/h2-5H,1H3;1-4,9H. The predicted octanol–water partition coefficient (Wildman–Crippen LogP) is 4.12. The van der Waals surface area contributed by atoms with Crippen LogP contribution < -0.4 is 4.74 Å². The lowest BCUT2D eigenvalue weighted by Gasteiger charge is -1.97. The number of thiocyanates is 1. The summed E-state index contributed by atoms with van der Waals surface area (Å²) in [5, 5.41) is 18.7. The van der Waals surface area contributed by atoms with Crippen LogP contribution in [0.25, 0.3) is 0 Å². The molecule has 0 saturated carbocycles. The number of nitrogens with zero attached hydrogens (tertiary/aromatic N) is 2. The molecule has 0 spiro atoms. The van der Waals surface area contributed by atoms with Crippen molar-refractivity contribution in [2.45, 2.75) is 9.79 Å². The smallest absolute Gasteiger partial charge is 0.138 e. The molecule has 0 unspecified atom stereocenters. The van der Waals surface area contributed by atoms with Gasteiger partial charge in [-0.05, 0) is 60.3 Å². The predicted molar refractivity (Wildman–Crippen MR) is 82.9 cm³/mol. The van der Waals surface area contributed by atoms with Crippen LogP contribution in [0.4, 0.5) is 0 Å². The van der Waals surface area contributed by atoms with Gasteiger partial charge in [0, 0.05) is 9.79 Å². The molecule has 0 amide bonds. The summed E-state index contributed by atoms with van der Waals surface area (Å²) in [6.45, 7) is 0. The van der Waals surface area contributed by atoms with Crippen LogP contribution in [0.5, 0.6) is 5.75 Å². The third-order valence-corrected chi connectivity index (χ3v) is 3.12. The van der Waals surface area contributed by atoms with E-state index in [1.165, 1.54) is 0 Å². The average Bonchev–Trinajstić information content (AvgIpc) is 2.50. The summed E-state index contributed by atoms with van der Waals surface area (Å²) in [4.78, 5) is 1.82. The lowest BCUT2D eigenvalue weighted by atomic mass is 10.2. The highest BCUT2D eigenvalue weighted by molar-refractivity contribution is 8.03. The minimum atomic E-state index is 0.674. The van der Waals surface area contributed by atoms with Crippen molar-refractivity contribution in [3.8, 4) is 17.2 Å². The van der Waals surface area contributed by atoms with Gasteiger partial charge in [0.25, 0.3) is 0 Å². The number of nitriles is 2. The van der Waals surface area contributed by atoms with Gasteiger partial charge in [-0.2, -0.15) is 10.5 Å². The molecule has 2 rings (SSSR count). The molecule has 0 radical (unpaired) electrons. The van der Waals surface area contributed by atoms with Crippen molar-refractivity contribution in [1.82, 2.24) is 0 Å². The van der Waals surface area contributed by atoms with E-state index in [0.29, 0.717) is 5.56 Å². The minimum Gasteiger partial charge on any atom is -0.497 e. The SMILES string of the molecule is COc1ccc(SC#N)cc1.N#Cc1ccc(S)cc1. The molecule has 5 heteroatoms. The third kappa shape index (κ3) is 5.71. The van der Waals surface area contributed by atoms with E-state index in [-0.39, 0.29) is 0 Å². The van der Waals surface area contributed by atoms with Crippen LogP contribution in [0.2, 0.25) is 0 Å². The Morgan fingerprint density at radius 2 is 1.60 bits per heavy atom. The van der Waals surface area contributed by atoms with Gasteiger partial charge in [-0.25, -0.2) is 0 Å². The van der Waals surface area contributed by atoms with Crippen LogP contribution in [-0.4, -0.2) is 7.11 Å². The van der Waals surface area contributed by atoms with Crippen molar-refractivity contribution < 1.29 is 4.74 Å². The normalized spacial score (nSPS) is 8.60. The first-order valence-electron chi connectivity index (χ1n) is 5.58. The molecular formula is C15H12N2OS2. The number of methoxy groups -OCH3 is 1. The molecule has 0 saturated heterocycles. The molecule has 0 aliphatic heterocycles. The van der Waals surface area contributed by atoms with E-state index in [4.69, 9.17) is 15.3 Å². The molecule has 0 aliphatic rings. The Labute approximate surface area is 128 Å². The topological polar surface area (TPSA) is 56.8 Å². The zero-order valence-electron chi connectivity index (χ0n) is 10.8. The first kappa shape index (κ1) is 16.0. The molecule has 0 N–H and O–H groups in total. The van der Waals surface area contributed by atoms with Gasteiger partial charge in [-0.15, -0.1) is 12.6 Å². The second-order valence-corrected chi connectivity index (χ2v) is 4.90. The van der Waals surface area contributed by atoms with Crippen molar-refractivity contribution in [3.63, 3.8) is 0 Å². The Morgan fingerprint density at radius 1 is 1.00 bits per heavy atom. The fourth-order valence-corrected chi connectivity index (χ4v) is 1.76. The van der Waals surface area contributed by atoms with E-state index >= 15 is 0 Å². The largest absolute Gasteiger partial charge is 0.497 e. The molecule has 0 aromatic heterocycles. The maximum Gasteiger partial charge on any atom is 0.138 e. The number of rotatable bonds is 2. The lowest BCUT2D eigenvalue weighted by Crippen LogP contribution is -1.80. The number of hydrogen-bond donors (Lipinski definition) is 1. The molecule has 0 bridgehead atoms. The van der Waals surface area contributed by atoms with Crippen LogP contribution in [0.3, 0.4) is 0 Å². The van der Waals surface area contributed by atoms with Crippen molar-refractivity contribution in [3.05, 3.63) is 54.1 Å². The highest BCUT2D eigenvalue weighted by Gasteiger charge is 1.92. The summed E-state index contributed by atoms with van der Waals surface area (Å²) in [5.41, 5.74) is 0.674. The third-order valence-electron chi connectivity index (χ3n) is 2.22. The Balaban J connectivity index is 0.000000204. The number of ether oxygens (including phenoxy) is 1. The van der Waals surface area contributed by atoms with Crippen LogP contribution >= 0.6 is 24.4 Å². The molecule has 0 aliphatic carbocycles. The number of benzene rings is 2. The molecule has 0 heterocycles. The maximum absolute atomic E-state index is 8.35. The summed E-state index contributed by atoms with van der Waals surface area (Å²) in [7, 11) is 1.62. The van der Waals surface area contributed by atoms with Crippen LogP contribution in [0.1, 0.15) is 5.56 Å². The van der Waals surface area contributed by atoms with Crippen LogP contribution in [-0.2, 0) is 0 Å². The zero-order valence-corrected chi connectivity index (χ0v) is 12.5. The van der Waals surface area contributed by atoms with Crippen LogP contribution in [0.15, 0.2) is 58.3 Å². The van der Waals surface area contributed by atoms with Crippen molar-refractivity contribution in [1.29, 1.82) is 10.5 Å². The number of hydrogen-bond acceptors (Lipinski definition) is 5. The maximum atomic E-state index is 8.35. The summed E-state index contributed by atoms with van der Waals surface area (Å²) < 4.78 is 4.96.